The smallest absolute Gasteiger partial charge is 0.471 e. The molecule has 2 aliphatic heterocycles. The van der Waals surface area contributed by atoms with Crippen LogP contribution in [-0.4, -0.2) is 78.3 Å². The first kappa shape index (κ1) is 32.8. The van der Waals surface area contributed by atoms with Gasteiger partial charge in [-0.05, 0) is 54.2 Å². The molecule has 4 amide bonds. The maximum atomic E-state index is 13.9. The average molecular weight is 620 g/mol. The number of benzene rings is 1. The summed E-state index contributed by atoms with van der Waals surface area (Å²) in [5.74, 6) is -6.00. The number of hydrogen-bond acceptors (Lipinski definition) is 7. The van der Waals surface area contributed by atoms with Gasteiger partial charge in [-0.3, -0.25) is 24.0 Å². The number of fused-ring (bicyclic) bond motifs is 1. The van der Waals surface area contributed by atoms with Crippen LogP contribution in [0.1, 0.15) is 46.1 Å². The SMILES string of the molecule is CC(C)[C@H](NC(=O)C(F)(F)F)C(=O)N1C[C@H]2[C@@H]([C@H]1C(=O)N[C@@H](C[C@@H]1CCNC1=O)C(=O)COc1cccc(C#N)c1)C2(C)C. The van der Waals surface area contributed by atoms with Crippen molar-refractivity contribution in [3.63, 3.8) is 0 Å². The first-order valence-electron chi connectivity index (χ1n) is 14.5. The Balaban J connectivity index is 1.54. The predicted octanol–water partition coefficient (Wildman–Crippen LogP) is 1.70. The molecule has 1 aliphatic carbocycles. The summed E-state index contributed by atoms with van der Waals surface area (Å²) in [7, 11) is 0. The molecule has 11 nitrogen and oxygen atoms in total. The third kappa shape index (κ3) is 6.81. The van der Waals surface area contributed by atoms with Crippen molar-refractivity contribution < 1.29 is 41.9 Å². The molecule has 1 saturated carbocycles. The highest BCUT2D eigenvalue weighted by Crippen LogP contribution is 2.65. The van der Waals surface area contributed by atoms with Crippen LogP contribution in [0.25, 0.3) is 0 Å². The normalized spacial score (nSPS) is 24.9. The molecule has 6 atom stereocenters. The van der Waals surface area contributed by atoms with Crippen LogP contribution < -0.4 is 20.7 Å². The maximum Gasteiger partial charge on any atom is 0.471 e. The highest BCUT2D eigenvalue weighted by Gasteiger charge is 2.69. The molecule has 2 saturated heterocycles. The van der Waals surface area contributed by atoms with Crippen molar-refractivity contribution in [1.29, 1.82) is 5.26 Å². The number of alkyl halides is 3. The number of nitriles is 1. The van der Waals surface area contributed by atoms with Crippen LogP contribution in [0.4, 0.5) is 13.2 Å². The zero-order chi connectivity index (χ0) is 32.6. The number of ketones is 1. The summed E-state index contributed by atoms with van der Waals surface area (Å²) in [6.07, 6.45) is -4.77. The Kier molecular flexibility index (Phi) is 9.27. The van der Waals surface area contributed by atoms with E-state index in [1.54, 1.807) is 23.5 Å². The average Bonchev–Trinajstić information content (AvgIpc) is 3.29. The molecule has 44 heavy (non-hydrogen) atoms. The Labute approximate surface area is 252 Å². The number of nitrogens with zero attached hydrogens (tertiary/aromatic N) is 2. The number of Topliss-reactive ketones (excluding diaryl/α,β-unsaturated/α-hetero) is 1. The van der Waals surface area contributed by atoms with Gasteiger partial charge in [0.1, 0.15) is 24.4 Å². The first-order chi connectivity index (χ1) is 20.6. The number of ether oxygens (including phenoxy) is 1. The largest absolute Gasteiger partial charge is 0.486 e. The molecule has 2 heterocycles. The number of piperidine rings is 1. The second-order valence-electron chi connectivity index (χ2n) is 12.6. The highest BCUT2D eigenvalue weighted by atomic mass is 19.4. The molecule has 238 valence electrons. The summed E-state index contributed by atoms with van der Waals surface area (Å²) >= 11 is 0. The van der Waals surface area contributed by atoms with Crippen LogP contribution >= 0.6 is 0 Å². The number of likely N-dealkylation sites (tertiary alicyclic amines) is 1. The van der Waals surface area contributed by atoms with E-state index in [0.717, 1.165) is 0 Å². The van der Waals surface area contributed by atoms with Crippen molar-refractivity contribution in [2.75, 3.05) is 19.7 Å². The molecule has 3 aliphatic rings. The lowest BCUT2D eigenvalue weighted by Gasteiger charge is -2.35. The lowest BCUT2D eigenvalue weighted by molar-refractivity contribution is -0.175. The lowest BCUT2D eigenvalue weighted by Crippen LogP contribution is -2.59. The predicted molar refractivity (Wildman–Crippen MR) is 148 cm³/mol. The number of rotatable bonds is 11. The van der Waals surface area contributed by atoms with Gasteiger partial charge in [-0.15, -0.1) is 0 Å². The fourth-order valence-electron chi connectivity index (χ4n) is 6.32. The van der Waals surface area contributed by atoms with Crippen molar-refractivity contribution in [3.8, 4) is 11.8 Å². The van der Waals surface area contributed by atoms with E-state index in [1.165, 1.54) is 24.8 Å². The van der Waals surface area contributed by atoms with Crippen molar-refractivity contribution in [2.24, 2.45) is 29.1 Å². The number of carbonyl (C=O) groups excluding carboxylic acids is 5. The molecule has 3 N–H and O–H groups in total. The lowest BCUT2D eigenvalue weighted by atomic mass is 9.94. The van der Waals surface area contributed by atoms with Crippen molar-refractivity contribution in [2.45, 2.75) is 64.8 Å². The van der Waals surface area contributed by atoms with Gasteiger partial charge in [0.25, 0.3) is 0 Å². The Hall–Kier alpha value is -4.15. The first-order valence-corrected chi connectivity index (χ1v) is 14.5. The van der Waals surface area contributed by atoms with Gasteiger partial charge in [-0.2, -0.15) is 18.4 Å². The number of hydrogen-bond donors (Lipinski definition) is 3. The Morgan fingerprint density at radius 3 is 2.50 bits per heavy atom. The third-order valence-electron chi connectivity index (χ3n) is 8.97. The number of halogens is 3. The molecule has 4 rings (SSSR count). The quantitative estimate of drug-likeness (QED) is 0.340. The van der Waals surface area contributed by atoms with Crippen LogP contribution in [-0.2, 0) is 24.0 Å². The zero-order valence-corrected chi connectivity index (χ0v) is 24.9. The fraction of sp³-hybridized carbons (Fsp3) is 0.600. The minimum absolute atomic E-state index is 0.0214. The van der Waals surface area contributed by atoms with Crippen LogP contribution in [0.3, 0.4) is 0 Å². The van der Waals surface area contributed by atoms with Crippen molar-refractivity contribution in [3.05, 3.63) is 29.8 Å². The molecule has 14 heteroatoms. The van der Waals surface area contributed by atoms with Gasteiger partial charge in [0.15, 0.2) is 5.78 Å². The van der Waals surface area contributed by atoms with Gasteiger partial charge < -0.3 is 25.6 Å². The van der Waals surface area contributed by atoms with Crippen molar-refractivity contribution >= 4 is 29.4 Å². The Morgan fingerprint density at radius 1 is 1.20 bits per heavy atom. The van der Waals surface area contributed by atoms with E-state index in [4.69, 9.17) is 10.00 Å². The topological polar surface area (TPSA) is 158 Å². The summed E-state index contributed by atoms with van der Waals surface area (Å²) in [5, 5.41) is 16.3. The maximum absolute atomic E-state index is 13.9. The van der Waals surface area contributed by atoms with E-state index < -0.39 is 66.2 Å². The van der Waals surface area contributed by atoms with Gasteiger partial charge >= 0.3 is 12.1 Å². The van der Waals surface area contributed by atoms with E-state index in [9.17, 15) is 37.1 Å². The molecule has 1 aromatic rings. The summed E-state index contributed by atoms with van der Waals surface area (Å²) in [5.41, 5.74) is -0.0257. The number of nitrogens with one attached hydrogen (secondary N) is 3. The van der Waals surface area contributed by atoms with Crippen LogP contribution in [0.2, 0.25) is 0 Å². The van der Waals surface area contributed by atoms with Crippen LogP contribution in [0.15, 0.2) is 24.3 Å². The molecule has 1 aromatic carbocycles. The minimum Gasteiger partial charge on any atom is -0.486 e. The molecule has 0 spiro atoms. The fourth-order valence-corrected chi connectivity index (χ4v) is 6.32. The van der Waals surface area contributed by atoms with Gasteiger partial charge in [-0.25, -0.2) is 0 Å². The number of amides is 4. The zero-order valence-electron chi connectivity index (χ0n) is 24.9. The molecular weight excluding hydrogens is 583 g/mol. The van der Waals surface area contributed by atoms with E-state index in [1.807, 2.05) is 19.9 Å². The molecule has 0 unspecified atom stereocenters. The second-order valence-corrected chi connectivity index (χ2v) is 12.6. The minimum atomic E-state index is -5.20. The molecule has 0 bridgehead atoms. The van der Waals surface area contributed by atoms with Crippen LogP contribution in [0, 0.1) is 40.4 Å². The number of carbonyl (C=O) groups is 5. The van der Waals surface area contributed by atoms with E-state index in [2.05, 4.69) is 10.6 Å². The molecular formula is C30H36F3N5O6. The summed E-state index contributed by atoms with van der Waals surface area (Å²) in [6, 6.07) is 4.33. The summed E-state index contributed by atoms with van der Waals surface area (Å²) < 4.78 is 44.7. The molecule has 3 fully saturated rings. The van der Waals surface area contributed by atoms with Gasteiger partial charge in [-0.1, -0.05) is 33.8 Å². The van der Waals surface area contributed by atoms with E-state index >= 15 is 0 Å². The standard InChI is InChI=1S/C30H36F3N5O6/c1-15(2)23(37-28(43)30(31,32)33)27(42)38-13-19-22(29(19,3)4)24(38)26(41)36-20(11-17-8-9-35-25(17)40)21(39)14-44-18-7-5-6-16(10-18)12-34/h5-7,10,15,17,19-20,22-24H,8-9,11,13-14H2,1-4H3,(H,35,40)(H,36,41)(H,37,43)/t17-,19-,20-,22-,23-,24-/m0/s1. The van der Waals surface area contributed by atoms with Gasteiger partial charge in [0.2, 0.25) is 17.7 Å². The van der Waals surface area contributed by atoms with E-state index in [0.29, 0.717) is 18.5 Å². The Bertz CT molecular complexity index is 1370. The summed E-state index contributed by atoms with van der Waals surface area (Å²) in [4.78, 5) is 66.1. The third-order valence-corrected chi connectivity index (χ3v) is 8.97. The highest BCUT2D eigenvalue weighted by molar-refractivity contribution is 5.97. The summed E-state index contributed by atoms with van der Waals surface area (Å²) in [6.45, 7) is 6.86. The van der Waals surface area contributed by atoms with Gasteiger partial charge in [0.05, 0.1) is 17.7 Å². The van der Waals surface area contributed by atoms with E-state index in [-0.39, 0.29) is 41.9 Å². The van der Waals surface area contributed by atoms with Crippen molar-refractivity contribution in [1.82, 2.24) is 20.9 Å². The van der Waals surface area contributed by atoms with Gasteiger partial charge in [0, 0.05) is 19.0 Å². The monoisotopic (exact) mass is 619 g/mol. The molecule has 0 radical (unpaired) electrons. The molecule has 0 aromatic heterocycles. The Morgan fingerprint density at radius 2 is 1.91 bits per heavy atom. The van der Waals surface area contributed by atoms with Crippen LogP contribution in [0.5, 0.6) is 5.75 Å². The second kappa shape index (κ2) is 12.5.